The number of nitrogens with zero attached hydrogens (tertiary/aromatic N) is 2. The Morgan fingerprint density at radius 2 is 2.12 bits per heavy atom. The number of thiazole rings is 1. The minimum Gasteiger partial charge on any atom is -0.493 e. The summed E-state index contributed by atoms with van der Waals surface area (Å²) < 4.78 is 11.0. The molecule has 24 heavy (non-hydrogen) atoms. The van der Waals surface area contributed by atoms with Crippen LogP contribution in [0.2, 0.25) is 0 Å². The van der Waals surface area contributed by atoms with E-state index in [1.807, 2.05) is 41.5 Å². The van der Waals surface area contributed by atoms with E-state index in [1.165, 1.54) is 0 Å². The Balaban J connectivity index is 1.68. The molecule has 0 N–H and O–H groups in total. The van der Waals surface area contributed by atoms with Crippen LogP contribution in [0.3, 0.4) is 0 Å². The van der Waals surface area contributed by atoms with Crippen molar-refractivity contribution in [2.45, 2.75) is 32.2 Å². The number of amides is 1. The van der Waals surface area contributed by atoms with Crippen molar-refractivity contribution >= 4 is 17.2 Å². The van der Waals surface area contributed by atoms with Gasteiger partial charge in [0.25, 0.3) is 5.91 Å². The third-order valence-electron chi connectivity index (χ3n) is 4.17. The van der Waals surface area contributed by atoms with Crippen molar-refractivity contribution in [2.75, 3.05) is 20.3 Å². The van der Waals surface area contributed by atoms with Crippen molar-refractivity contribution in [1.29, 1.82) is 0 Å². The van der Waals surface area contributed by atoms with Crippen LogP contribution < -0.4 is 9.47 Å². The Kier molecular flexibility index (Phi) is 5.35. The van der Waals surface area contributed by atoms with Crippen molar-refractivity contribution in [2.24, 2.45) is 0 Å². The van der Waals surface area contributed by atoms with Gasteiger partial charge in [0.15, 0.2) is 18.1 Å². The summed E-state index contributed by atoms with van der Waals surface area (Å²) in [6, 6.07) is 7.45. The zero-order valence-corrected chi connectivity index (χ0v) is 14.8. The predicted molar refractivity (Wildman–Crippen MR) is 93.6 cm³/mol. The number of hydrogen-bond acceptors (Lipinski definition) is 5. The van der Waals surface area contributed by atoms with Gasteiger partial charge in [-0.15, -0.1) is 11.3 Å². The number of benzene rings is 1. The fourth-order valence-electron chi connectivity index (χ4n) is 2.97. The number of para-hydroxylation sites is 2. The van der Waals surface area contributed by atoms with E-state index in [1.54, 1.807) is 18.4 Å². The van der Waals surface area contributed by atoms with Gasteiger partial charge in [0, 0.05) is 17.6 Å². The monoisotopic (exact) mass is 346 g/mol. The molecule has 6 heteroatoms. The van der Waals surface area contributed by atoms with E-state index in [0.717, 1.165) is 36.5 Å². The number of carbonyl (C=O) groups excluding carboxylic acids is 1. The van der Waals surface area contributed by atoms with E-state index in [9.17, 15) is 4.79 Å². The molecule has 2 aromatic rings. The van der Waals surface area contributed by atoms with E-state index in [4.69, 9.17) is 9.47 Å². The third-order valence-corrected chi connectivity index (χ3v) is 5.23. The Morgan fingerprint density at radius 1 is 1.33 bits per heavy atom. The van der Waals surface area contributed by atoms with Gasteiger partial charge in [-0.2, -0.15) is 0 Å². The molecular formula is C18H22N2O3S. The molecule has 1 atom stereocenters. The second kappa shape index (κ2) is 7.66. The number of methoxy groups -OCH3 is 1. The van der Waals surface area contributed by atoms with Crippen LogP contribution in [-0.4, -0.2) is 36.1 Å². The molecule has 0 unspecified atom stereocenters. The smallest absolute Gasteiger partial charge is 0.261 e. The van der Waals surface area contributed by atoms with Crippen LogP contribution in [0, 0.1) is 6.92 Å². The van der Waals surface area contributed by atoms with E-state index in [-0.39, 0.29) is 18.6 Å². The molecular weight excluding hydrogens is 324 g/mol. The minimum atomic E-state index is -0.00143. The lowest BCUT2D eigenvalue weighted by molar-refractivity contribution is -0.137. The molecule has 5 nitrogen and oxygen atoms in total. The molecule has 1 aromatic carbocycles. The fourth-order valence-corrected chi connectivity index (χ4v) is 3.92. The van der Waals surface area contributed by atoms with Gasteiger partial charge in [-0.25, -0.2) is 4.98 Å². The van der Waals surface area contributed by atoms with Crippen molar-refractivity contribution in [3.8, 4) is 11.5 Å². The minimum absolute atomic E-state index is 0.00143. The average Bonchev–Trinajstić information content (AvgIpc) is 3.06. The molecule has 1 saturated heterocycles. The molecule has 1 amide bonds. The normalized spacial score (nSPS) is 17.6. The Hall–Kier alpha value is -2.08. The molecule has 0 bridgehead atoms. The second-order valence-corrected chi connectivity index (χ2v) is 6.76. The summed E-state index contributed by atoms with van der Waals surface area (Å²) in [7, 11) is 1.59. The standard InChI is InChI=1S/C18H22N2O3S/c1-13-12-24-18(19-13)14-7-5-6-10-20(14)17(21)11-23-16-9-4-3-8-15(16)22-2/h3-4,8-9,12,14H,5-7,10-11H2,1-2H3/t14-/m0/s1. The highest BCUT2D eigenvalue weighted by Gasteiger charge is 2.30. The maximum Gasteiger partial charge on any atom is 0.261 e. The van der Waals surface area contributed by atoms with Gasteiger partial charge in [-0.1, -0.05) is 12.1 Å². The van der Waals surface area contributed by atoms with Crippen LogP contribution in [-0.2, 0) is 4.79 Å². The first kappa shape index (κ1) is 16.8. The van der Waals surface area contributed by atoms with Gasteiger partial charge in [-0.05, 0) is 38.3 Å². The van der Waals surface area contributed by atoms with Crippen molar-refractivity contribution in [3.05, 3.63) is 40.3 Å². The molecule has 0 radical (unpaired) electrons. The first-order valence-corrected chi connectivity index (χ1v) is 9.04. The summed E-state index contributed by atoms with van der Waals surface area (Å²) in [5.74, 6) is 1.22. The van der Waals surface area contributed by atoms with Gasteiger partial charge in [0.1, 0.15) is 5.01 Å². The lowest BCUT2D eigenvalue weighted by atomic mass is 10.0. The molecule has 1 aromatic heterocycles. The number of piperidine rings is 1. The van der Waals surface area contributed by atoms with Crippen molar-refractivity contribution in [1.82, 2.24) is 9.88 Å². The summed E-state index contributed by atoms with van der Waals surface area (Å²) in [6.07, 6.45) is 3.12. The van der Waals surface area contributed by atoms with E-state index >= 15 is 0 Å². The highest BCUT2D eigenvalue weighted by molar-refractivity contribution is 7.09. The second-order valence-electron chi connectivity index (χ2n) is 5.87. The van der Waals surface area contributed by atoms with Crippen LogP contribution >= 0.6 is 11.3 Å². The number of aromatic nitrogens is 1. The van der Waals surface area contributed by atoms with Crippen LogP contribution in [0.4, 0.5) is 0 Å². The third kappa shape index (κ3) is 3.70. The molecule has 1 fully saturated rings. The average molecular weight is 346 g/mol. The predicted octanol–water partition coefficient (Wildman–Crippen LogP) is 3.59. The molecule has 0 saturated carbocycles. The molecule has 3 rings (SSSR count). The van der Waals surface area contributed by atoms with E-state index in [2.05, 4.69) is 4.98 Å². The Morgan fingerprint density at radius 3 is 2.83 bits per heavy atom. The summed E-state index contributed by atoms with van der Waals surface area (Å²) in [5.41, 5.74) is 1.01. The molecule has 2 heterocycles. The summed E-state index contributed by atoms with van der Waals surface area (Å²) in [4.78, 5) is 19.2. The zero-order valence-electron chi connectivity index (χ0n) is 14.0. The van der Waals surface area contributed by atoms with Crippen LogP contribution in [0.25, 0.3) is 0 Å². The van der Waals surface area contributed by atoms with Gasteiger partial charge < -0.3 is 14.4 Å². The zero-order chi connectivity index (χ0) is 16.9. The van der Waals surface area contributed by atoms with Gasteiger partial charge in [0.05, 0.1) is 13.2 Å². The number of ether oxygens (including phenoxy) is 2. The largest absolute Gasteiger partial charge is 0.493 e. The molecule has 0 aliphatic carbocycles. The highest BCUT2D eigenvalue weighted by Crippen LogP contribution is 2.33. The van der Waals surface area contributed by atoms with Gasteiger partial charge in [-0.3, -0.25) is 4.79 Å². The lowest BCUT2D eigenvalue weighted by Crippen LogP contribution is -2.41. The topological polar surface area (TPSA) is 51.7 Å². The molecule has 1 aliphatic heterocycles. The van der Waals surface area contributed by atoms with Gasteiger partial charge in [0.2, 0.25) is 0 Å². The van der Waals surface area contributed by atoms with Crippen LogP contribution in [0.5, 0.6) is 11.5 Å². The molecule has 0 spiro atoms. The summed E-state index contributed by atoms with van der Waals surface area (Å²) >= 11 is 1.63. The van der Waals surface area contributed by atoms with E-state index < -0.39 is 0 Å². The first-order chi connectivity index (χ1) is 11.7. The fraction of sp³-hybridized carbons (Fsp3) is 0.444. The van der Waals surface area contributed by atoms with Crippen molar-refractivity contribution in [3.63, 3.8) is 0 Å². The van der Waals surface area contributed by atoms with Gasteiger partial charge >= 0.3 is 0 Å². The molecule has 128 valence electrons. The number of rotatable bonds is 5. The quantitative estimate of drug-likeness (QED) is 0.830. The van der Waals surface area contributed by atoms with Crippen molar-refractivity contribution < 1.29 is 14.3 Å². The summed E-state index contributed by atoms with van der Waals surface area (Å²) in [5, 5.41) is 3.07. The Bertz CT molecular complexity index is 701. The summed E-state index contributed by atoms with van der Waals surface area (Å²) in [6.45, 7) is 2.76. The highest BCUT2D eigenvalue weighted by atomic mass is 32.1. The lowest BCUT2D eigenvalue weighted by Gasteiger charge is -2.34. The maximum atomic E-state index is 12.7. The van der Waals surface area contributed by atoms with Crippen LogP contribution in [0.1, 0.15) is 36.0 Å². The van der Waals surface area contributed by atoms with Crippen LogP contribution in [0.15, 0.2) is 29.6 Å². The number of aryl methyl sites for hydroxylation is 1. The number of carbonyl (C=O) groups is 1. The number of hydrogen-bond donors (Lipinski definition) is 0. The first-order valence-electron chi connectivity index (χ1n) is 8.16. The SMILES string of the molecule is COc1ccccc1OCC(=O)N1CCCC[C@H]1c1nc(C)cs1. The molecule has 1 aliphatic rings. The maximum absolute atomic E-state index is 12.7. The number of likely N-dealkylation sites (tertiary alicyclic amines) is 1. The van der Waals surface area contributed by atoms with E-state index in [0.29, 0.717) is 11.5 Å². The Labute approximate surface area is 146 Å².